The summed E-state index contributed by atoms with van der Waals surface area (Å²) in [5.74, 6) is -5.11. The van der Waals surface area contributed by atoms with Gasteiger partial charge in [-0.2, -0.15) is 0 Å². The third-order valence-electron chi connectivity index (χ3n) is 10.3. The highest BCUT2D eigenvalue weighted by Crippen LogP contribution is 2.46. The number of benzene rings is 2. The van der Waals surface area contributed by atoms with Crippen LogP contribution in [-0.4, -0.2) is 131 Å². The van der Waals surface area contributed by atoms with Gasteiger partial charge in [0.25, 0.3) is 0 Å². The minimum absolute atomic E-state index is 0.0688. The molecule has 0 N–H and O–H groups in total. The number of carbonyl (C=O) groups excluding carboxylic acids is 3. The van der Waals surface area contributed by atoms with Crippen molar-refractivity contribution in [3.05, 3.63) is 82.2 Å². The van der Waals surface area contributed by atoms with Crippen LogP contribution in [-0.2, 0) is 89.2 Å². The number of carbonyl (C=O) groups is 3. The molecule has 3 heterocycles. The zero-order chi connectivity index (χ0) is 42.7. The van der Waals surface area contributed by atoms with E-state index in [2.05, 4.69) is 10.0 Å². The molecule has 0 spiro atoms. The lowest BCUT2D eigenvalue weighted by atomic mass is 9.90. The topological polar surface area (TPSA) is 220 Å². The Bertz CT molecular complexity index is 1740. The number of rotatable bonds is 18. The molecule has 0 unspecified atom stereocenters. The Hall–Kier alpha value is -4.24. The van der Waals surface area contributed by atoms with Crippen molar-refractivity contribution in [1.29, 1.82) is 0 Å². The molecule has 324 valence electrons. The Morgan fingerprint density at radius 1 is 0.746 bits per heavy atom. The summed E-state index contributed by atoms with van der Waals surface area (Å²) in [7, 11) is 4.14. The van der Waals surface area contributed by atoms with E-state index in [1.807, 2.05) is 60.7 Å². The van der Waals surface area contributed by atoms with Gasteiger partial charge in [0, 0.05) is 47.0 Å². The molecular formula is C40H53N3O16. The maximum absolute atomic E-state index is 12.4. The maximum Gasteiger partial charge on any atom is 0.303 e. The number of esters is 3. The molecule has 2 aromatic carbocycles. The molecule has 0 radical (unpaired) electrons. The molecule has 0 bridgehead atoms. The fourth-order valence-corrected chi connectivity index (χ4v) is 7.15. The molecule has 0 aliphatic carbocycles. The van der Waals surface area contributed by atoms with E-state index in [0.29, 0.717) is 0 Å². The first-order valence-electron chi connectivity index (χ1n) is 19.0. The van der Waals surface area contributed by atoms with Gasteiger partial charge in [0.05, 0.1) is 13.2 Å². The minimum atomic E-state index is -1.61. The molecule has 0 amide bonds. The lowest BCUT2D eigenvalue weighted by molar-refractivity contribution is -0.487. The van der Waals surface area contributed by atoms with Gasteiger partial charge in [-0.25, -0.2) is 0 Å². The molecule has 0 saturated carbocycles. The minimum Gasteiger partial charge on any atom is -0.463 e. The van der Waals surface area contributed by atoms with Crippen LogP contribution in [0.2, 0.25) is 0 Å². The van der Waals surface area contributed by atoms with Crippen molar-refractivity contribution in [2.75, 3.05) is 34.5 Å². The molecule has 3 fully saturated rings. The van der Waals surface area contributed by atoms with Crippen molar-refractivity contribution in [3.63, 3.8) is 0 Å². The molecular weight excluding hydrogens is 778 g/mol. The molecule has 19 nitrogen and oxygen atoms in total. The summed E-state index contributed by atoms with van der Waals surface area (Å²) in [6.07, 6.45) is -11.9. The first-order valence-corrected chi connectivity index (χ1v) is 19.0. The number of azide groups is 1. The monoisotopic (exact) mass is 831 g/mol. The van der Waals surface area contributed by atoms with E-state index < -0.39 is 104 Å². The van der Waals surface area contributed by atoms with Crippen molar-refractivity contribution in [2.24, 2.45) is 5.11 Å². The van der Waals surface area contributed by atoms with Crippen molar-refractivity contribution < 1.29 is 76.0 Å². The highest BCUT2D eigenvalue weighted by Gasteiger charge is 2.65. The first kappa shape index (κ1) is 45.8. The summed E-state index contributed by atoms with van der Waals surface area (Å²) in [6, 6.07) is 17.5. The normalized spacial score (nSPS) is 33.4. The van der Waals surface area contributed by atoms with E-state index in [-0.39, 0.29) is 19.8 Å². The van der Waals surface area contributed by atoms with Gasteiger partial charge in [-0.1, -0.05) is 65.8 Å². The number of hydrogen-bond acceptors (Lipinski definition) is 17. The van der Waals surface area contributed by atoms with Gasteiger partial charge in [0.2, 0.25) is 11.6 Å². The van der Waals surface area contributed by atoms with Gasteiger partial charge < -0.3 is 61.6 Å². The molecule has 3 saturated heterocycles. The summed E-state index contributed by atoms with van der Waals surface area (Å²) in [4.78, 5) is 39.6. The quantitative estimate of drug-likeness (QED) is 0.0684. The highest BCUT2D eigenvalue weighted by atomic mass is 16.8. The van der Waals surface area contributed by atoms with Crippen molar-refractivity contribution in [2.45, 2.75) is 127 Å². The van der Waals surface area contributed by atoms with E-state index in [1.165, 1.54) is 42.1 Å². The van der Waals surface area contributed by atoms with Crippen molar-refractivity contribution >= 4 is 17.9 Å². The molecule has 3 aliphatic heterocycles. The second-order valence-corrected chi connectivity index (χ2v) is 14.3. The standard InChI is InChI=1S/C40H53N3O16/c1-23(44)50-21-28-31(52-19-26-15-11-9-12-16-26)33(53-20-27-17-13-10-14-18-27)30(42-43-41)37(55-28)57-36-35-34(58-39(4,48-7)40(5,49-8)59-35)32(56-38(36)47-6)29(54-25(3)46)22-51-24(2)45/h9-18,28-38H,19-22H2,1-8H3/t28-,29+,30-,31-,32-,33-,34-,35+,36+,37-,38-,39+,40+/m1/s1. The third kappa shape index (κ3) is 11.1. The smallest absolute Gasteiger partial charge is 0.303 e. The second-order valence-electron chi connectivity index (χ2n) is 14.3. The Morgan fingerprint density at radius 2 is 1.31 bits per heavy atom. The third-order valence-corrected chi connectivity index (χ3v) is 10.3. The van der Waals surface area contributed by atoms with E-state index in [0.717, 1.165) is 11.1 Å². The average Bonchev–Trinajstić information content (AvgIpc) is 3.22. The number of fused-ring (bicyclic) bond motifs is 1. The highest BCUT2D eigenvalue weighted by molar-refractivity contribution is 5.67. The summed E-state index contributed by atoms with van der Waals surface area (Å²) < 4.78 is 79.8. The van der Waals surface area contributed by atoms with Gasteiger partial charge in [-0.3, -0.25) is 14.4 Å². The molecule has 3 aliphatic rings. The van der Waals surface area contributed by atoms with Gasteiger partial charge in [0.1, 0.15) is 62.0 Å². The molecule has 19 heteroatoms. The zero-order valence-corrected chi connectivity index (χ0v) is 34.3. The molecule has 0 aromatic heterocycles. The van der Waals surface area contributed by atoms with Crippen molar-refractivity contribution in [1.82, 2.24) is 0 Å². The first-order chi connectivity index (χ1) is 28.3. The van der Waals surface area contributed by atoms with Crippen molar-refractivity contribution in [3.8, 4) is 0 Å². The van der Waals surface area contributed by atoms with Crippen LogP contribution in [0.5, 0.6) is 0 Å². The summed E-state index contributed by atoms with van der Waals surface area (Å²) in [6.45, 7) is 6.30. The predicted molar refractivity (Wildman–Crippen MR) is 202 cm³/mol. The summed E-state index contributed by atoms with van der Waals surface area (Å²) in [5, 5.41) is 4.13. The summed E-state index contributed by atoms with van der Waals surface area (Å²) >= 11 is 0. The van der Waals surface area contributed by atoms with Gasteiger partial charge in [-0.15, -0.1) is 0 Å². The van der Waals surface area contributed by atoms with Crippen LogP contribution in [0, 0.1) is 0 Å². The SMILES string of the molecule is CO[C@@H]1O[C@H]([C@H](COC(C)=O)OC(C)=O)[C@H]2O[C@](C)(OC)[C@@](C)(OC)O[C@@H]2[C@@H]1O[C@H]1O[C@H](COC(C)=O)[C@@H](OCc2ccccc2)[C@H](OCc2ccccc2)[C@H]1N=[N+]=[N-]. The van der Waals surface area contributed by atoms with E-state index in [9.17, 15) is 19.9 Å². The summed E-state index contributed by atoms with van der Waals surface area (Å²) in [5.41, 5.74) is 11.6. The van der Waals surface area contributed by atoms with Crippen LogP contribution in [0.25, 0.3) is 10.4 Å². The van der Waals surface area contributed by atoms with Crippen LogP contribution in [0.4, 0.5) is 0 Å². The number of nitrogens with zero attached hydrogens (tertiary/aromatic N) is 3. The fraction of sp³-hybridized carbons (Fsp3) is 0.625. The Kier molecular flexibility index (Phi) is 16.2. The Balaban J connectivity index is 1.57. The Labute approximate surface area is 342 Å². The molecule has 13 atom stereocenters. The lowest BCUT2D eigenvalue weighted by Crippen LogP contribution is -2.75. The number of ether oxygens (including phenoxy) is 13. The van der Waals surface area contributed by atoms with Gasteiger partial charge >= 0.3 is 17.9 Å². The molecule has 2 aromatic rings. The Morgan fingerprint density at radius 3 is 1.81 bits per heavy atom. The van der Waals surface area contributed by atoms with Crippen LogP contribution in [0.3, 0.4) is 0 Å². The van der Waals surface area contributed by atoms with E-state index in [4.69, 9.17) is 61.6 Å². The predicted octanol–water partition coefficient (Wildman–Crippen LogP) is 3.88. The maximum atomic E-state index is 12.4. The van der Waals surface area contributed by atoms with Gasteiger partial charge in [0.15, 0.2) is 18.7 Å². The largest absolute Gasteiger partial charge is 0.463 e. The fourth-order valence-electron chi connectivity index (χ4n) is 7.15. The number of hydrogen-bond donors (Lipinski definition) is 0. The average molecular weight is 832 g/mol. The van der Waals surface area contributed by atoms with E-state index >= 15 is 0 Å². The zero-order valence-electron chi connectivity index (χ0n) is 34.3. The molecule has 59 heavy (non-hydrogen) atoms. The number of methoxy groups -OCH3 is 3. The van der Waals surface area contributed by atoms with Crippen LogP contribution in [0.15, 0.2) is 65.8 Å². The van der Waals surface area contributed by atoms with Crippen LogP contribution in [0.1, 0.15) is 45.7 Å². The van der Waals surface area contributed by atoms with Crippen LogP contribution < -0.4 is 0 Å². The molecule has 5 rings (SSSR count). The lowest BCUT2D eigenvalue weighted by Gasteiger charge is -2.58. The van der Waals surface area contributed by atoms with E-state index in [1.54, 1.807) is 13.8 Å². The second kappa shape index (κ2) is 20.8. The van der Waals surface area contributed by atoms with Gasteiger partial charge in [-0.05, 0) is 30.5 Å². The van der Waals surface area contributed by atoms with Crippen LogP contribution >= 0.6 is 0 Å².